The highest BCUT2D eigenvalue weighted by Crippen LogP contribution is 2.32. The van der Waals surface area contributed by atoms with Crippen LogP contribution in [0.1, 0.15) is 26.3 Å². The second-order valence-electron chi connectivity index (χ2n) is 7.52. The van der Waals surface area contributed by atoms with E-state index in [1.165, 1.54) is 0 Å². The first-order chi connectivity index (χ1) is 13.3. The van der Waals surface area contributed by atoms with Crippen molar-refractivity contribution >= 4 is 21.9 Å². The number of para-hydroxylation sites is 1. The molecule has 3 rings (SSSR count). The van der Waals surface area contributed by atoms with E-state index in [0.29, 0.717) is 11.5 Å². The maximum Gasteiger partial charge on any atom is 0.349 e. The van der Waals surface area contributed by atoms with E-state index in [4.69, 9.17) is 9.47 Å². The monoisotopic (exact) mass is 438 g/mol. The summed E-state index contributed by atoms with van der Waals surface area (Å²) in [5.41, 5.74) is 3.06. The number of ether oxygens (including phenoxy) is 2. The van der Waals surface area contributed by atoms with Crippen LogP contribution in [0.4, 0.5) is 0 Å². The lowest BCUT2D eigenvalue weighted by Gasteiger charge is -2.22. The lowest BCUT2D eigenvalue weighted by molar-refractivity contribution is -0.136. The molecule has 0 atom stereocenters. The van der Waals surface area contributed by atoms with E-state index in [1.807, 2.05) is 72.8 Å². The largest absolute Gasteiger partial charge is 0.481 e. The molecule has 0 fully saturated rings. The Balaban J connectivity index is 1.66. The van der Waals surface area contributed by atoms with Gasteiger partial charge in [0.05, 0.1) is 4.47 Å². The Morgan fingerprint density at radius 3 is 2.21 bits per heavy atom. The van der Waals surface area contributed by atoms with E-state index < -0.39 is 5.97 Å². The van der Waals surface area contributed by atoms with E-state index >= 15 is 0 Å². The van der Waals surface area contributed by atoms with E-state index in [-0.39, 0.29) is 12.0 Å². The molecule has 28 heavy (non-hydrogen) atoms. The number of carbonyl (C=O) groups is 1. The molecule has 3 aromatic rings. The lowest BCUT2D eigenvalue weighted by Crippen LogP contribution is -2.20. The highest BCUT2D eigenvalue weighted by atomic mass is 79.9. The number of rotatable bonds is 5. The molecule has 0 bridgehead atoms. The Bertz CT molecular complexity index is 959. The zero-order valence-electron chi connectivity index (χ0n) is 16.2. The number of carbonyl (C=O) groups excluding carboxylic acids is 1. The van der Waals surface area contributed by atoms with Crippen LogP contribution in [-0.2, 0) is 10.2 Å². The highest BCUT2D eigenvalue weighted by Gasteiger charge is 2.20. The molecular weight excluding hydrogens is 416 g/mol. The smallest absolute Gasteiger partial charge is 0.349 e. The summed E-state index contributed by atoms with van der Waals surface area (Å²) in [6.07, 6.45) is 0. The van der Waals surface area contributed by atoms with Gasteiger partial charge in [0, 0.05) is 5.56 Å². The van der Waals surface area contributed by atoms with Gasteiger partial charge in [-0.25, -0.2) is 4.79 Å². The van der Waals surface area contributed by atoms with Crippen molar-refractivity contribution < 1.29 is 14.3 Å². The van der Waals surface area contributed by atoms with E-state index in [2.05, 4.69) is 36.7 Å². The third kappa shape index (κ3) is 5.02. The Labute approximate surface area is 174 Å². The van der Waals surface area contributed by atoms with Crippen LogP contribution in [0.25, 0.3) is 11.1 Å². The average molecular weight is 439 g/mol. The molecule has 0 aliphatic heterocycles. The van der Waals surface area contributed by atoms with Gasteiger partial charge in [0.2, 0.25) is 0 Å². The van der Waals surface area contributed by atoms with Crippen LogP contribution in [0.5, 0.6) is 11.5 Å². The molecule has 0 radical (unpaired) electrons. The van der Waals surface area contributed by atoms with Gasteiger partial charge in [-0.3, -0.25) is 0 Å². The van der Waals surface area contributed by atoms with E-state index in [0.717, 1.165) is 21.2 Å². The van der Waals surface area contributed by atoms with Crippen LogP contribution in [0.15, 0.2) is 77.3 Å². The van der Waals surface area contributed by atoms with Crippen molar-refractivity contribution in [3.63, 3.8) is 0 Å². The minimum atomic E-state index is -0.435. The molecule has 0 saturated heterocycles. The molecular formula is C24H23BrO3. The third-order valence-electron chi connectivity index (χ3n) is 4.30. The fourth-order valence-electron chi connectivity index (χ4n) is 2.89. The fourth-order valence-corrected chi connectivity index (χ4v) is 3.39. The summed E-state index contributed by atoms with van der Waals surface area (Å²) in [5, 5.41) is 0. The summed E-state index contributed by atoms with van der Waals surface area (Å²) in [5.74, 6) is 0.735. The molecule has 144 valence electrons. The van der Waals surface area contributed by atoms with Crippen LogP contribution < -0.4 is 9.47 Å². The van der Waals surface area contributed by atoms with Crippen molar-refractivity contribution in [3.05, 3.63) is 82.8 Å². The first-order valence-electron chi connectivity index (χ1n) is 9.12. The van der Waals surface area contributed by atoms with Gasteiger partial charge in [-0.2, -0.15) is 0 Å². The van der Waals surface area contributed by atoms with Crippen LogP contribution in [0.3, 0.4) is 0 Å². The highest BCUT2D eigenvalue weighted by molar-refractivity contribution is 9.10. The number of hydrogen-bond donors (Lipinski definition) is 0. The van der Waals surface area contributed by atoms with Crippen molar-refractivity contribution in [2.24, 2.45) is 0 Å². The fraction of sp³-hybridized carbons (Fsp3) is 0.208. The molecule has 0 N–H and O–H groups in total. The van der Waals surface area contributed by atoms with Gasteiger partial charge >= 0.3 is 5.97 Å². The van der Waals surface area contributed by atoms with Crippen molar-refractivity contribution in [3.8, 4) is 22.6 Å². The number of halogens is 1. The van der Waals surface area contributed by atoms with Gasteiger partial charge < -0.3 is 9.47 Å². The first kappa shape index (κ1) is 20.2. The van der Waals surface area contributed by atoms with Crippen molar-refractivity contribution in [1.82, 2.24) is 0 Å². The Hall–Kier alpha value is -2.59. The van der Waals surface area contributed by atoms with Crippen LogP contribution in [0, 0.1) is 0 Å². The summed E-state index contributed by atoms with van der Waals surface area (Å²) in [6, 6.07) is 23.5. The predicted octanol–water partition coefficient (Wildman–Crippen LogP) is 6.40. The summed E-state index contributed by atoms with van der Waals surface area (Å²) in [6.45, 7) is 6.09. The quantitative estimate of drug-likeness (QED) is 0.341. The van der Waals surface area contributed by atoms with Gasteiger partial charge in [-0.05, 0) is 50.7 Å². The molecule has 0 aliphatic rings. The van der Waals surface area contributed by atoms with Gasteiger partial charge in [-0.15, -0.1) is 0 Å². The van der Waals surface area contributed by atoms with Crippen LogP contribution >= 0.6 is 15.9 Å². The van der Waals surface area contributed by atoms with Gasteiger partial charge in [0.15, 0.2) is 6.61 Å². The number of hydrogen-bond acceptors (Lipinski definition) is 3. The Kier molecular flexibility index (Phi) is 6.20. The standard InChI is InChI=1S/C24H23BrO3/c1-24(2,3)19-11-7-8-12-21(19)28-23(26)16-27-22-14-13-18(15-20(22)25)17-9-5-4-6-10-17/h4-15H,16H2,1-3H3. The first-order valence-corrected chi connectivity index (χ1v) is 9.92. The van der Waals surface area contributed by atoms with Crippen LogP contribution in [0.2, 0.25) is 0 Å². The number of benzene rings is 3. The SMILES string of the molecule is CC(C)(C)c1ccccc1OC(=O)COc1ccc(-c2ccccc2)cc1Br. The second kappa shape index (κ2) is 8.61. The van der Waals surface area contributed by atoms with Crippen molar-refractivity contribution in [2.45, 2.75) is 26.2 Å². The lowest BCUT2D eigenvalue weighted by atomic mass is 9.86. The van der Waals surface area contributed by atoms with Gasteiger partial charge in [0.25, 0.3) is 0 Å². The summed E-state index contributed by atoms with van der Waals surface area (Å²) in [7, 11) is 0. The molecule has 3 aromatic carbocycles. The third-order valence-corrected chi connectivity index (χ3v) is 4.92. The van der Waals surface area contributed by atoms with E-state index in [9.17, 15) is 4.79 Å². The number of esters is 1. The normalized spacial score (nSPS) is 11.1. The summed E-state index contributed by atoms with van der Waals surface area (Å²) in [4.78, 5) is 12.3. The van der Waals surface area contributed by atoms with E-state index in [1.54, 1.807) is 0 Å². The van der Waals surface area contributed by atoms with Crippen LogP contribution in [-0.4, -0.2) is 12.6 Å². The van der Waals surface area contributed by atoms with Gasteiger partial charge in [-0.1, -0.05) is 75.4 Å². The minimum absolute atomic E-state index is 0.117. The Morgan fingerprint density at radius 1 is 0.857 bits per heavy atom. The molecule has 0 heterocycles. The predicted molar refractivity (Wildman–Crippen MR) is 116 cm³/mol. The molecule has 0 spiro atoms. The molecule has 0 aliphatic carbocycles. The zero-order valence-corrected chi connectivity index (χ0v) is 17.8. The summed E-state index contributed by atoms with van der Waals surface area (Å²) < 4.78 is 12.0. The molecule has 3 nitrogen and oxygen atoms in total. The molecule has 4 heteroatoms. The Morgan fingerprint density at radius 2 is 1.54 bits per heavy atom. The minimum Gasteiger partial charge on any atom is -0.481 e. The topological polar surface area (TPSA) is 35.5 Å². The maximum absolute atomic E-state index is 12.3. The molecule has 0 amide bonds. The maximum atomic E-state index is 12.3. The van der Waals surface area contributed by atoms with Crippen molar-refractivity contribution in [2.75, 3.05) is 6.61 Å². The van der Waals surface area contributed by atoms with Gasteiger partial charge in [0.1, 0.15) is 11.5 Å². The summed E-state index contributed by atoms with van der Waals surface area (Å²) >= 11 is 3.52. The zero-order chi connectivity index (χ0) is 20.1. The molecule has 0 unspecified atom stereocenters. The second-order valence-corrected chi connectivity index (χ2v) is 8.37. The average Bonchev–Trinajstić information content (AvgIpc) is 2.67. The molecule has 0 saturated carbocycles. The molecule has 0 aromatic heterocycles. The van der Waals surface area contributed by atoms with Crippen molar-refractivity contribution in [1.29, 1.82) is 0 Å².